The van der Waals surface area contributed by atoms with Crippen molar-refractivity contribution in [1.82, 2.24) is 15.1 Å². The summed E-state index contributed by atoms with van der Waals surface area (Å²) in [5.41, 5.74) is 1.90. The van der Waals surface area contributed by atoms with Crippen molar-refractivity contribution in [1.29, 1.82) is 0 Å². The van der Waals surface area contributed by atoms with E-state index in [0.29, 0.717) is 5.69 Å². The Bertz CT molecular complexity index is 746. The molecule has 0 unspecified atom stereocenters. The minimum Gasteiger partial charge on any atom is -0.355 e. The molecular weight excluding hydrogens is 348 g/mol. The minimum atomic E-state index is 0.0301. The first kappa shape index (κ1) is 18.9. The summed E-state index contributed by atoms with van der Waals surface area (Å²) in [6, 6.07) is 14.6. The molecule has 0 aliphatic carbocycles. The molecule has 1 aromatic carbocycles. The van der Waals surface area contributed by atoms with Gasteiger partial charge in [-0.1, -0.05) is 43.2 Å². The van der Waals surface area contributed by atoms with Crippen molar-refractivity contribution in [2.45, 2.75) is 44.9 Å². The number of rotatable bonds is 4. The van der Waals surface area contributed by atoms with Gasteiger partial charge in [0, 0.05) is 26.2 Å². The molecule has 0 bridgehead atoms. The van der Waals surface area contributed by atoms with E-state index in [1.165, 1.54) is 31.2 Å². The number of carbonyl (C=O) groups is 1. The Balaban J connectivity index is 1.31. The first-order valence-corrected chi connectivity index (χ1v) is 10.7. The second-order valence-electron chi connectivity index (χ2n) is 8.10. The van der Waals surface area contributed by atoms with Crippen molar-refractivity contribution in [2.75, 3.05) is 31.1 Å². The molecule has 2 fully saturated rings. The van der Waals surface area contributed by atoms with Crippen molar-refractivity contribution in [3.63, 3.8) is 0 Å². The van der Waals surface area contributed by atoms with E-state index in [4.69, 9.17) is 0 Å². The third-order valence-electron chi connectivity index (χ3n) is 6.07. The van der Waals surface area contributed by atoms with Crippen molar-refractivity contribution >= 4 is 11.7 Å². The quantitative estimate of drug-likeness (QED) is 0.808. The van der Waals surface area contributed by atoms with Crippen LogP contribution in [-0.2, 0) is 6.42 Å². The third-order valence-corrected chi connectivity index (χ3v) is 6.07. The molecular formula is C23H30N4O. The summed E-state index contributed by atoms with van der Waals surface area (Å²) < 4.78 is 0. The lowest BCUT2D eigenvalue weighted by atomic mass is 9.90. The lowest BCUT2D eigenvalue weighted by Gasteiger charge is -2.32. The summed E-state index contributed by atoms with van der Waals surface area (Å²) in [5.74, 6) is 1.66. The summed E-state index contributed by atoms with van der Waals surface area (Å²) in [6.45, 7) is 3.70. The number of anilines is 1. The van der Waals surface area contributed by atoms with Crippen LogP contribution in [0.2, 0.25) is 0 Å². The summed E-state index contributed by atoms with van der Waals surface area (Å²) in [5, 5.41) is 8.64. The van der Waals surface area contributed by atoms with Crippen molar-refractivity contribution in [3.8, 4) is 0 Å². The van der Waals surface area contributed by atoms with Crippen LogP contribution in [0.1, 0.15) is 54.6 Å². The fraction of sp³-hybridized carbons (Fsp3) is 0.522. The van der Waals surface area contributed by atoms with E-state index < -0.39 is 0 Å². The van der Waals surface area contributed by atoms with Crippen LogP contribution >= 0.6 is 0 Å². The molecule has 1 amide bonds. The van der Waals surface area contributed by atoms with Crippen LogP contribution in [0.4, 0.5) is 5.82 Å². The zero-order valence-corrected chi connectivity index (χ0v) is 16.6. The molecule has 0 radical (unpaired) electrons. The highest BCUT2D eigenvalue weighted by Gasteiger charge is 2.22. The standard InChI is InChI=1S/C23H30N4O/c28-23(27-14-6-1-2-7-15-27)21-10-11-22(25-24-21)26-16-12-20(13-17-26)18-19-8-4-3-5-9-19/h3-5,8-11,20H,1-2,6-7,12-18H2. The van der Waals surface area contributed by atoms with Crippen LogP contribution in [0.3, 0.4) is 0 Å². The Kier molecular flexibility index (Phi) is 6.20. The molecule has 5 heteroatoms. The number of carbonyl (C=O) groups excluding carboxylic acids is 1. The topological polar surface area (TPSA) is 49.3 Å². The van der Waals surface area contributed by atoms with E-state index in [1.807, 2.05) is 17.0 Å². The highest BCUT2D eigenvalue weighted by Crippen LogP contribution is 2.24. The van der Waals surface area contributed by atoms with Crippen LogP contribution in [0.5, 0.6) is 0 Å². The molecule has 2 aromatic rings. The number of hydrogen-bond donors (Lipinski definition) is 0. The number of hydrogen-bond acceptors (Lipinski definition) is 4. The second kappa shape index (κ2) is 9.18. The van der Waals surface area contributed by atoms with Crippen LogP contribution in [0, 0.1) is 5.92 Å². The second-order valence-corrected chi connectivity index (χ2v) is 8.10. The summed E-state index contributed by atoms with van der Waals surface area (Å²) in [7, 11) is 0. The van der Waals surface area contributed by atoms with Gasteiger partial charge in [-0.3, -0.25) is 4.79 Å². The van der Waals surface area contributed by atoms with E-state index >= 15 is 0 Å². The van der Waals surface area contributed by atoms with Gasteiger partial charge < -0.3 is 9.80 Å². The normalized spacial score (nSPS) is 18.7. The average Bonchev–Trinajstić information content (AvgIpc) is 3.04. The van der Waals surface area contributed by atoms with Gasteiger partial charge in [0.2, 0.25) is 0 Å². The van der Waals surface area contributed by atoms with Crippen LogP contribution in [-0.4, -0.2) is 47.2 Å². The minimum absolute atomic E-state index is 0.0301. The monoisotopic (exact) mass is 378 g/mol. The van der Waals surface area contributed by atoms with Gasteiger partial charge in [0.25, 0.3) is 5.91 Å². The maximum atomic E-state index is 12.7. The molecule has 0 spiro atoms. The molecule has 28 heavy (non-hydrogen) atoms. The van der Waals surface area contributed by atoms with Crippen LogP contribution in [0.15, 0.2) is 42.5 Å². The van der Waals surface area contributed by atoms with Gasteiger partial charge in [0.1, 0.15) is 0 Å². The summed E-state index contributed by atoms with van der Waals surface area (Å²) >= 11 is 0. The Hall–Kier alpha value is -2.43. The lowest BCUT2D eigenvalue weighted by molar-refractivity contribution is 0.0754. The lowest BCUT2D eigenvalue weighted by Crippen LogP contribution is -2.35. The van der Waals surface area contributed by atoms with E-state index in [-0.39, 0.29) is 5.91 Å². The SMILES string of the molecule is O=C(c1ccc(N2CCC(Cc3ccccc3)CC2)nn1)N1CCCCCC1. The predicted molar refractivity (Wildman–Crippen MR) is 111 cm³/mol. The fourth-order valence-electron chi connectivity index (χ4n) is 4.36. The molecule has 2 aliphatic heterocycles. The van der Waals surface area contributed by atoms with Crippen LogP contribution < -0.4 is 4.90 Å². The number of likely N-dealkylation sites (tertiary alicyclic amines) is 1. The van der Waals surface area contributed by atoms with E-state index in [1.54, 1.807) is 0 Å². The highest BCUT2D eigenvalue weighted by atomic mass is 16.2. The van der Waals surface area contributed by atoms with Gasteiger partial charge in [-0.2, -0.15) is 0 Å². The van der Waals surface area contributed by atoms with Gasteiger partial charge in [0.15, 0.2) is 11.5 Å². The van der Waals surface area contributed by atoms with Gasteiger partial charge in [-0.05, 0) is 55.7 Å². The smallest absolute Gasteiger partial charge is 0.274 e. The molecule has 2 aliphatic rings. The Morgan fingerprint density at radius 3 is 2.21 bits per heavy atom. The first-order chi connectivity index (χ1) is 13.8. The Morgan fingerprint density at radius 2 is 1.57 bits per heavy atom. The molecule has 148 valence electrons. The van der Waals surface area contributed by atoms with E-state index in [0.717, 1.165) is 57.2 Å². The third kappa shape index (κ3) is 4.70. The average molecular weight is 379 g/mol. The maximum absolute atomic E-state index is 12.7. The van der Waals surface area contributed by atoms with Gasteiger partial charge >= 0.3 is 0 Å². The number of nitrogens with zero attached hydrogens (tertiary/aromatic N) is 4. The number of piperidine rings is 1. The van der Waals surface area contributed by atoms with E-state index in [9.17, 15) is 4.79 Å². The number of benzene rings is 1. The number of amides is 1. The zero-order chi connectivity index (χ0) is 19.2. The zero-order valence-electron chi connectivity index (χ0n) is 16.6. The van der Waals surface area contributed by atoms with Crippen molar-refractivity contribution in [2.24, 2.45) is 5.92 Å². The molecule has 3 heterocycles. The summed E-state index contributed by atoms with van der Waals surface area (Å²) in [6.07, 6.45) is 8.12. The van der Waals surface area contributed by atoms with Crippen LogP contribution in [0.25, 0.3) is 0 Å². The molecule has 1 aromatic heterocycles. The Labute approximate surface area is 167 Å². The molecule has 0 atom stereocenters. The maximum Gasteiger partial charge on any atom is 0.274 e. The summed E-state index contributed by atoms with van der Waals surface area (Å²) in [4.78, 5) is 16.9. The first-order valence-electron chi connectivity index (χ1n) is 10.7. The van der Waals surface area contributed by atoms with Gasteiger partial charge in [0.05, 0.1) is 0 Å². The van der Waals surface area contributed by atoms with E-state index in [2.05, 4.69) is 45.4 Å². The molecule has 5 nitrogen and oxygen atoms in total. The largest absolute Gasteiger partial charge is 0.355 e. The van der Waals surface area contributed by atoms with Crippen molar-refractivity contribution < 1.29 is 4.79 Å². The molecule has 0 saturated carbocycles. The predicted octanol–water partition coefficient (Wildman–Crippen LogP) is 3.95. The number of aromatic nitrogens is 2. The Morgan fingerprint density at radius 1 is 0.857 bits per heavy atom. The molecule has 2 saturated heterocycles. The highest BCUT2D eigenvalue weighted by molar-refractivity contribution is 5.92. The molecule has 0 N–H and O–H groups in total. The van der Waals surface area contributed by atoms with Gasteiger partial charge in [-0.15, -0.1) is 10.2 Å². The van der Waals surface area contributed by atoms with Crippen molar-refractivity contribution in [3.05, 3.63) is 53.7 Å². The fourth-order valence-corrected chi connectivity index (χ4v) is 4.36. The van der Waals surface area contributed by atoms with Gasteiger partial charge in [-0.25, -0.2) is 0 Å². The molecule has 4 rings (SSSR count).